The number of aliphatic carboxylic acids is 1. The van der Waals surface area contributed by atoms with Crippen molar-refractivity contribution in [3.8, 4) is 11.5 Å². The zero-order chi connectivity index (χ0) is 13.5. The van der Waals surface area contributed by atoms with Crippen molar-refractivity contribution in [2.24, 2.45) is 0 Å². The Bertz CT molecular complexity index is 407. The summed E-state index contributed by atoms with van der Waals surface area (Å²) in [6.07, 6.45) is 0. The summed E-state index contributed by atoms with van der Waals surface area (Å²) < 4.78 is 9.74. The Morgan fingerprint density at radius 2 is 2.17 bits per heavy atom. The van der Waals surface area contributed by atoms with Crippen molar-refractivity contribution in [2.75, 3.05) is 27.4 Å². The highest BCUT2D eigenvalue weighted by molar-refractivity contribution is 5.76. The standard InChI is InChI=1S/C12H17NO5/c1-17-6-5-13-11(12(15)16)8-3-4-10(18-2)9(14)7-8/h3-4,7,11,13-14H,5-6H2,1-2H3,(H,15,16). The summed E-state index contributed by atoms with van der Waals surface area (Å²) in [6.45, 7) is 0.812. The van der Waals surface area contributed by atoms with Crippen molar-refractivity contribution in [1.29, 1.82) is 0 Å². The molecule has 100 valence electrons. The molecule has 0 spiro atoms. The molecular weight excluding hydrogens is 238 g/mol. The van der Waals surface area contributed by atoms with Gasteiger partial charge in [-0.25, -0.2) is 0 Å². The van der Waals surface area contributed by atoms with Crippen LogP contribution in [0.15, 0.2) is 18.2 Å². The topological polar surface area (TPSA) is 88.0 Å². The molecular formula is C12H17NO5. The van der Waals surface area contributed by atoms with E-state index in [1.165, 1.54) is 26.4 Å². The second kappa shape index (κ2) is 6.83. The Balaban J connectivity index is 2.85. The van der Waals surface area contributed by atoms with E-state index >= 15 is 0 Å². The van der Waals surface area contributed by atoms with E-state index in [1.54, 1.807) is 6.07 Å². The van der Waals surface area contributed by atoms with E-state index in [0.717, 1.165) is 0 Å². The summed E-state index contributed by atoms with van der Waals surface area (Å²) in [5, 5.41) is 21.6. The van der Waals surface area contributed by atoms with Crippen LogP contribution in [0.3, 0.4) is 0 Å². The first-order chi connectivity index (χ1) is 8.60. The summed E-state index contributed by atoms with van der Waals surface area (Å²) in [4.78, 5) is 11.1. The molecule has 0 fully saturated rings. The fraction of sp³-hybridized carbons (Fsp3) is 0.417. The maximum Gasteiger partial charge on any atom is 0.325 e. The van der Waals surface area contributed by atoms with Gasteiger partial charge in [0.05, 0.1) is 13.7 Å². The Kier molecular flexibility index (Phi) is 5.41. The van der Waals surface area contributed by atoms with Gasteiger partial charge in [-0.15, -0.1) is 0 Å². The first-order valence-corrected chi connectivity index (χ1v) is 5.42. The van der Waals surface area contributed by atoms with E-state index in [2.05, 4.69) is 5.32 Å². The van der Waals surface area contributed by atoms with Gasteiger partial charge in [0.1, 0.15) is 6.04 Å². The second-order valence-corrected chi connectivity index (χ2v) is 3.65. The van der Waals surface area contributed by atoms with Gasteiger partial charge in [-0.3, -0.25) is 10.1 Å². The highest BCUT2D eigenvalue weighted by atomic mass is 16.5. The number of carbonyl (C=O) groups is 1. The predicted octanol–water partition coefficient (Wildman–Crippen LogP) is 0.762. The van der Waals surface area contributed by atoms with Gasteiger partial charge in [-0.2, -0.15) is 0 Å². The molecule has 1 atom stereocenters. The zero-order valence-corrected chi connectivity index (χ0v) is 10.3. The number of methoxy groups -OCH3 is 2. The molecule has 1 aromatic rings. The predicted molar refractivity (Wildman–Crippen MR) is 64.9 cm³/mol. The third-order valence-corrected chi connectivity index (χ3v) is 2.44. The number of rotatable bonds is 7. The summed E-state index contributed by atoms with van der Waals surface area (Å²) >= 11 is 0. The van der Waals surface area contributed by atoms with Crippen LogP contribution in [0.25, 0.3) is 0 Å². The van der Waals surface area contributed by atoms with Crippen molar-refractivity contribution in [3.63, 3.8) is 0 Å². The van der Waals surface area contributed by atoms with Crippen molar-refractivity contribution in [3.05, 3.63) is 23.8 Å². The lowest BCUT2D eigenvalue weighted by Gasteiger charge is -2.15. The van der Waals surface area contributed by atoms with Crippen LogP contribution in [0.4, 0.5) is 0 Å². The molecule has 0 aromatic heterocycles. The summed E-state index contributed by atoms with van der Waals surface area (Å²) in [5.74, 6) is -0.801. The minimum absolute atomic E-state index is 0.0882. The van der Waals surface area contributed by atoms with Crippen LogP contribution in [0, 0.1) is 0 Å². The summed E-state index contributed by atoms with van der Waals surface area (Å²) in [5.41, 5.74) is 0.455. The molecule has 6 heteroatoms. The average molecular weight is 255 g/mol. The zero-order valence-electron chi connectivity index (χ0n) is 10.3. The third-order valence-electron chi connectivity index (χ3n) is 2.44. The molecule has 1 unspecified atom stereocenters. The smallest absolute Gasteiger partial charge is 0.325 e. The lowest BCUT2D eigenvalue weighted by atomic mass is 10.1. The Labute approximate surface area is 105 Å². The first-order valence-electron chi connectivity index (χ1n) is 5.42. The number of aromatic hydroxyl groups is 1. The van der Waals surface area contributed by atoms with Crippen LogP contribution in [0.2, 0.25) is 0 Å². The first kappa shape index (κ1) is 14.3. The van der Waals surface area contributed by atoms with E-state index < -0.39 is 12.0 Å². The van der Waals surface area contributed by atoms with E-state index in [4.69, 9.17) is 14.6 Å². The molecule has 0 saturated carbocycles. The molecule has 0 saturated heterocycles. The van der Waals surface area contributed by atoms with E-state index in [9.17, 15) is 9.90 Å². The third kappa shape index (κ3) is 3.61. The van der Waals surface area contributed by atoms with Gasteiger partial charge in [0.25, 0.3) is 0 Å². The number of ether oxygens (including phenoxy) is 2. The Hall–Kier alpha value is -1.79. The molecule has 0 radical (unpaired) electrons. The highest BCUT2D eigenvalue weighted by Crippen LogP contribution is 2.28. The number of benzene rings is 1. The van der Waals surface area contributed by atoms with Gasteiger partial charge in [0.2, 0.25) is 0 Å². The molecule has 3 N–H and O–H groups in total. The van der Waals surface area contributed by atoms with Crippen molar-refractivity contribution in [1.82, 2.24) is 5.32 Å². The molecule has 0 aliphatic rings. The number of hydrogen-bond acceptors (Lipinski definition) is 5. The fourth-order valence-corrected chi connectivity index (χ4v) is 1.54. The number of carboxylic acids is 1. The van der Waals surface area contributed by atoms with E-state index in [0.29, 0.717) is 24.5 Å². The van der Waals surface area contributed by atoms with Gasteiger partial charge < -0.3 is 19.7 Å². The largest absolute Gasteiger partial charge is 0.504 e. The average Bonchev–Trinajstić information content (AvgIpc) is 2.34. The minimum Gasteiger partial charge on any atom is -0.504 e. The van der Waals surface area contributed by atoms with Crippen molar-refractivity contribution in [2.45, 2.75) is 6.04 Å². The number of phenolic OH excluding ortho intramolecular Hbond substituents is 1. The monoisotopic (exact) mass is 255 g/mol. The quantitative estimate of drug-likeness (QED) is 0.623. The SMILES string of the molecule is COCCNC(C(=O)O)c1ccc(OC)c(O)c1. The molecule has 0 bridgehead atoms. The van der Waals surface area contributed by atoms with Crippen LogP contribution in [0.5, 0.6) is 11.5 Å². The number of carboxylic acid groups (broad SMARTS) is 1. The lowest BCUT2D eigenvalue weighted by Crippen LogP contribution is -2.31. The molecule has 6 nitrogen and oxygen atoms in total. The van der Waals surface area contributed by atoms with Crippen molar-refractivity contribution < 1.29 is 24.5 Å². The maximum atomic E-state index is 11.1. The molecule has 1 aromatic carbocycles. The van der Waals surface area contributed by atoms with Gasteiger partial charge in [0.15, 0.2) is 11.5 Å². The molecule has 1 rings (SSSR count). The van der Waals surface area contributed by atoms with Gasteiger partial charge in [0, 0.05) is 13.7 Å². The van der Waals surface area contributed by atoms with E-state index in [-0.39, 0.29) is 5.75 Å². The van der Waals surface area contributed by atoms with Crippen LogP contribution >= 0.6 is 0 Å². The lowest BCUT2D eigenvalue weighted by molar-refractivity contribution is -0.139. The summed E-state index contributed by atoms with van der Waals surface area (Å²) in [7, 11) is 2.97. The van der Waals surface area contributed by atoms with Gasteiger partial charge >= 0.3 is 5.97 Å². The highest BCUT2D eigenvalue weighted by Gasteiger charge is 2.20. The van der Waals surface area contributed by atoms with Gasteiger partial charge in [-0.05, 0) is 17.7 Å². The maximum absolute atomic E-state index is 11.1. The minimum atomic E-state index is -1.02. The van der Waals surface area contributed by atoms with Crippen LogP contribution in [0.1, 0.15) is 11.6 Å². The van der Waals surface area contributed by atoms with E-state index in [1.807, 2.05) is 0 Å². The molecule has 0 aliphatic heterocycles. The molecule has 0 amide bonds. The number of phenols is 1. The number of hydrogen-bond donors (Lipinski definition) is 3. The van der Waals surface area contributed by atoms with Crippen LogP contribution in [-0.4, -0.2) is 43.6 Å². The molecule has 18 heavy (non-hydrogen) atoms. The van der Waals surface area contributed by atoms with Crippen LogP contribution < -0.4 is 10.1 Å². The second-order valence-electron chi connectivity index (χ2n) is 3.65. The molecule has 0 heterocycles. The summed E-state index contributed by atoms with van der Waals surface area (Å²) in [6, 6.07) is 3.60. The molecule has 0 aliphatic carbocycles. The fourth-order valence-electron chi connectivity index (χ4n) is 1.54. The normalized spacial score (nSPS) is 12.1. The van der Waals surface area contributed by atoms with Gasteiger partial charge in [-0.1, -0.05) is 6.07 Å². The van der Waals surface area contributed by atoms with Crippen LogP contribution in [-0.2, 0) is 9.53 Å². The Morgan fingerprint density at radius 1 is 1.44 bits per heavy atom. The van der Waals surface area contributed by atoms with Crippen molar-refractivity contribution >= 4 is 5.97 Å². The number of nitrogens with one attached hydrogen (secondary N) is 1. The Morgan fingerprint density at radius 3 is 2.67 bits per heavy atom.